The SMILES string of the molecule is CCC[CH]OCCCCCCCCCCCC. The van der Waals surface area contributed by atoms with Gasteiger partial charge in [-0.1, -0.05) is 78.1 Å². The van der Waals surface area contributed by atoms with Gasteiger partial charge in [-0.3, -0.25) is 0 Å². The molecule has 17 heavy (non-hydrogen) atoms. The maximum absolute atomic E-state index is 5.42. The van der Waals surface area contributed by atoms with Gasteiger partial charge in [-0.05, 0) is 12.8 Å². The quantitative estimate of drug-likeness (QED) is 0.345. The Morgan fingerprint density at radius 1 is 0.647 bits per heavy atom. The first-order chi connectivity index (χ1) is 8.41. The van der Waals surface area contributed by atoms with Gasteiger partial charge in [0.1, 0.15) is 0 Å². The molecule has 0 aliphatic carbocycles. The normalized spacial score (nSPS) is 10.9. The second-order valence-corrected chi connectivity index (χ2v) is 5.01. The molecule has 1 nitrogen and oxygen atoms in total. The van der Waals surface area contributed by atoms with Gasteiger partial charge in [0.05, 0.1) is 6.61 Å². The highest BCUT2D eigenvalue weighted by atomic mass is 16.5. The Balaban J connectivity index is 2.85. The van der Waals surface area contributed by atoms with Crippen LogP contribution in [0.1, 0.15) is 90.9 Å². The minimum atomic E-state index is 0.927. The molecule has 0 aliphatic heterocycles. The first-order valence-electron chi connectivity index (χ1n) is 7.85. The Labute approximate surface area is 109 Å². The van der Waals surface area contributed by atoms with Gasteiger partial charge in [0, 0.05) is 6.61 Å². The highest BCUT2D eigenvalue weighted by Gasteiger charge is 1.93. The lowest BCUT2D eigenvalue weighted by molar-refractivity contribution is 0.185. The molecule has 0 rings (SSSR count). The van der Waals surface area contributed by atoms with E-state index in [9.17, 15) is 0 Å². The molecule has 0 aromatic carbocycles. The summed E-state index contributed by atoms with van der Waals surface area (Å²) >= 11 is 0. The summed E-state index contributed by atoms with van der Waals surface area (Å²) in [6.45, 7) is 7.35. The van der Waals surface area contributed by atoms with Crippen molar-refractivity contribution in [1.29, 1.82) is 0 Å². The van der Waals surface area contributed by atoms with Crippen molar-refractivity contribution in [2.75, 3.05) is 6.61 Å². The molecule has 103 valence electrons. The van der Waals surface area contributed by atoms with Gasteiger partial charge in [-0.2, -0.15) is 0 Å². The zero-order valence-electron chi connectivity index (χ0n) is 12.2. The van der Waals surface area contributed by atoms with Crippen molar-refractivity contribution in [2.45, 2.75) is 90.9 Å². The minimum Gasteiger partial charge on any atom is -0.376 e. The van der Waals surface area contributed by atoms with Crippen LogP contribution in [0.4, 0.5) is 0 Å². The molecule has 0 bridgehead atoms. The van der Waals surface area contributed by atoms with Gasteiger partial charge in [0.2, 0.25) is 0 Å². The first-order valence-corrected chi connectivity index (χ1v) is 7.85. The van der Waals surface area contributed by atoms with Crippen molar-refractivity contribution in [3.8, 4) is 0 Å². The van der Waals surface area contributed by atoms with Gasteiger partial charge in [-0.15, -0.1) is 0 Å². The van der Waals surface area contributed by atoms with E-state index in [1.165, 1.54) is 70.6 Å². The molecule has 0 aromatic heterocycles. The van der Waals surface area contributed by atoms with E-state index >= 15 is 0 Å². The lowest BCUT2D eigenvalue weighted by Crippen LogP contribution is -1.91. The van der Waals surface area contributed by atoms with Crippen molar-refractivity contribution in [3.05, 3.63) is 6.61 Å². The second kappa shape index (κ2) is 16.0. The minimum absolute atomic E-state index is 0.927. The molecule has 1 radical (unpaired) electrons. The predicted molar refractivity (Wildman–Crippen MR) is 77.0 cm³/mol. The maximum Gasteiger partial charge on any atom is 0.0836 e. The van der Waals surface area contributed by atoms with Gasteiger partial charge in [0.15, 0.2) is 0 Å². The molecule has 0 saturated carbocycles. The lowest BCUT2D eigenvalue weighted by atomic mass is 10.1. The van der Waals surface area contributed by atoms with Gasteiger partial charge in [0.25, 0.3) is 0 Å². The number of ether oxygens (including phenoxy) is 1. The number of unbranched alkanes of at least 4 members (excludes halogenated alkanes) is 10. The number of hydrogen-bond acceptors (Lipinski definition) is 1. The van der Waals surface area contributed by atoms with E-state index in [0.29, 0.717) is 0 Å². The van der Waals surface area contributed by atoms with Crippen LogP contribution >= 0.6 is 0 Å². The molecular formula is C16H33O. The van der Waals surface area contributed by atoms with Crippen LogP contribution in [0.3, 0.4) is 0 Å². The monoisotopic (exact) mass is 241 g/mol. The summed E-state index contributed by atoms with van der Waals surface area (Å²) in [4.78, 5) is 0. The number of rotatable bonds is 14. The van der Waals surface area contributed by atoms with Crippen LogP contribution in [-0.4, -0.2) is 6.61 Å². The average Bonchev–Trinajstić information content (AvgIpc) is 2.35. The molecule has 0 aromatic rings. The van der Waals surface area contributed by atoms with E-state index in [1.54, 1.807) is 0 Å². The van der Waals surface area contributed by atoms with Gasteiger partial charge >= 0.3 is 0 Å². The van der Waals surface area contributed by atoms with Crippen LogP contribution in [0.2, 0.25) is 0 Å². The van der Waals surface area contributed by atoms with Crippen LogP contribution in [-0.2, 0) is 4.74 Å². The Morgan fingerprint density at radius 3 is 1.71 bits per heavy atom. The van der Waals surface area contributed by atoms with E-state index in [0.717, 1.165) is 13.0 Å². The number of hydrogen-bond donors (Lipinski definition) is 0. The zero-order valence-corrected chi connectivity index (χ0v) is 12.2. The van der Waals surface area contributed by atoms with E-state index in [4.69, 9.17) is 4.74 Å². The highest BCUT2D eigenvalue weighted by Crippen LogP contribution is 2.10. The van der Waals surface area contributed by atoms with Crippen molar-refractivity contribution in [2.24, 2.45) is 0 Å². The molecule has 0 aliphatic rings. The fraction of sp³-hybridized carbons (Fsp3) is 0.938. The molecule has 0 saturated heterocycles. The summed E-state index contributed by atoms with van der Waals surface area (Å²) in [5.74, 6) is 0. The van der Waals surface area contributed by atoms with Crippen molar-refractivity contribution < 1.29 is 4.74 Å². The molecule has 0 heterocycles. The zero-order chi connectivity index (χ0) is 12.6. The van der Waals surface area contributed by atoms with Crippen molar-refractivity contribution in [1.82, 2.24) is 0 Å². The second-order valence-electron chi connectivity index (χ2n) is 5.01. The molecule has 1 heteroatoms. The van der Waals surface area contributed by atoms with Crippen LogP contribution in [0.5, 0.6) is 0 Å². The largest absolute Gasteiger partial charge is 0.376 e. The van der Waals surface area contributed by atoms with Crippen LogP contribution in [0, 0.1) is 6.61 Å². The maximum atomic E-state index is 5.42. The standard InChI is InChI=1S/C16H33O/c1-3-5-7-8-9-10-11-12-13-14-16-17-15-6-4-2/h15H,3-14,16H2,1-2H3. The van der Waals surface area contributed by atoms with E-state index in [-0.39, 0.29) is 0 Å². The smallest absolute Gasteiger partial charge is 0.0836 e. The topological polar surface area (TPSA) is 9.23 Å². The summed E-state index contributed by atoms with van der Waals surface area (Å²) < 4.78 is 5.42. The van der Waals surface area contributed by atoms with Gasteiger partial charge < -0.3 is 4.74 Å². The van der Waals surface area contributed by atoms with Crippen LogP contribution in [0.15, 0.2) is 0 Å². The van der Waals surface area contributed by atoms with E-state index < -0.39 is 0 Å². The third-order valence-corrected chi connectivity index (χ3v) is 3.14. The lowest BCUT2D eigenvalue weighted by Gasteiger charge is -2.03. The van der Waals surface area contributed by atoms with Crippen LogP contribution in [0.25, 0.3) is 0 Å². The highest BCUT2D eigenvalue weighted by molar-refractivity contribution is 4.50. The molecule has 0 unspecified atom stereocenters. The Kier molecular flexibility index (Phi) is 15.9. The van der Waals surface area contributed by atoms with Crippen molar-refractivity contribution >= 4 is 0 Å². The molecule has 0 spiro atoms. The van der Waals surface area contributed by atoms with E-state index in [1.807, 2.05) is 6.61 Å². The average molecular weight is 241 g/mol. The molecule has 0 amide bonds. The van der Waals surface area contributed by atoms with Gasteiger partial charge in [-0.25, -0.2) is 0 Å². The Hall–Kier alpha value is -0.0400. The fourth-order valence-electron chi connectivity index (χ4n) is 1.96. The summed E-state index contributed by atoms with van der Waals surface area (Å²) in [6, 6.07) is 0. The molecular weight excluding hydrogens is 208 g/mol. The first kappa shape index (κ1) is 17.0. The molecule has 0 atom stereocenters. The predicted octanol–water partition coefficient (Wildman–Crippen LogP) is 5.89. The van der Waals surface area contributed by atoms with Crippen LogP contribution < -0.4 is 0 Å². The summed E-state index contributed by atoms with van der Waals surface area (Å²) in [7, 11) is 0. The summed E-state index contributed by atoms with van der Waals surface area (Å²) in [5, 5.41) is 0. The summed E-state index contributed by atoms with van der Waals surface area (Å²) in [5.41, 5.74) is 0. The summed E-state index contributed by atoms with van der Waals surface area (Å²) in [6.07, 6.45) is 16.2. The third-order valence-electron chi connectivity index (χ3n) is 3.14. The fourth-order valence-corrected chi connectivity index (χ4v) is 1.96. The van der Waals surface area contributed by atoms with Crippen molar-refractivity contribution in [3.63, 3.8) is 0 Å². The molecule has 0 N–H and O–H groups in total. The molecule has 0 fully saturated rings. The third kappa shape index (κ3) is 16.0. The Bertz CT molecular complexity index is 109. The Morgan fingerprint density at radius 2 is 1.18 bits per heavy atom. The van der Waals surface area contributed by atoms with E-state index in [2.05, 4.69) is 13.8 Å².